The number of nitrogens with zero attached hydrogens (tertiary/aromatic N) is 2. The number of rotatable bonds is 6. The van der Waals surface area contributed by atoms with Gasteiger partial charge in [-0.3, -0.25) is 14.6 Å². The molecular weight excluding hydrogens is 449 g/mol. The number of carbonyl (C=O) groups is 2. The predicted molar refractivity (Wildman–Crippen MR) is 126 cm³/mol. The number of hydrogen-bond donors (Lipinski definition) is 1. The maximum atomic E-state index is 13.2. The fourth-order valence-electron chi connectivity index (χ4n) is 3.64. The van der Waals surface area contributed by atoms with Crippen LogP contribution in [0.15, 0.2) is 60.9 Å². The smallest absolute Gasteiger partial charge is 0.296 e. The summed E-state index contributed by atoms with van der Waals surface area (Å²) in [5.74, 6) is -0.807. The molecule has 6 nitrogen and oxygen atoms in total. The lowest BCUT2D eigenvalue weighted by molar-refractivity contribution is -0.112. The summed E-state index contributed by atoms with van der Waals surface area (Å²) < 4.78 is 7.30. The Bertz CT molecular complexity index is 1330. The van der Waals surface area contributed by atoms with Gasteiger partial charge in [-0.1, -0.05) is 29.3 Å². The number of halogens is 2. The van der Waals surface area contributed by atoms with Crippen LogP contribution in [0.2, 0.25) is 10.0 Å². The predicted octanol–water partition coefficient (Wildman–Crippen LogP) is 5.53. The standard InChI is InChI=1S/C24H19Cl2N3O3/c1-14-22(23(30)24(31)28-17-4-3-9-27-12-17)19-11-18(32-2)7-8-21(19)29(14)13-15-5-6-16(25)10-20(15)26/h3-12H,13H2,1-2H3,(H,28,31). The molecule has 2 aromatic carbocycles. The highest BCUT2D eigenvalue weighted by molar-refractivity contribution is 6.48. The van der Waals surface area contributed by atoms with E-state index in [2.05, 4.69) is 10.3 Å². The highest BCUT2D eigenvalue weighted by Crippen LogP contribution is 2.32. The Kier molecular flexibility index (Phi) is 6.17. The molecule has 1 N–H and O–H groups in total. The van der Waals surface area contributed by atoms with Gasteiger partial charge in [0.05, 0.1) is 24.6 Å². The normalized spacial score (nSPS) is 10.9. The Morgan fingerprint density at radius 2 is 1.94 bits per heavy atom. The van der Waals surface area contributed by atoms with Crippen LogP contribution in [0, 0.1) is 6.92 Å². The van der Waals surface area contributed by atoms with E-state index in [0.29, 0.717) is 44.7 Å². The van der Waals surface area contributed by atoms with Crippen LogP contribution >= 0.6 is 23.2 Å². The number of pyridine rings is 1. The van der Waals surface area contributed by atoms with E-state index in [1.165, 1.54) is 6.20 Å². The number of aromatic nitrogens is 2. The van der Waals surface area contributed by atoms with Gasteiger partial charge in [0, 0.05) is 39.4 Å². The molecule has 162 valence electrons. The number of fused-ring (bicyclic) bond motifs is 1. The van der Waals surface area contributed by atoms with E-state index in [1.807, 2.05) is 22.8 Å². The largest absolute Gasteiger partial charge is 0.497 e. The van der Waals surface area contributed by atoms with Crippen LogP contribution in [0.4, 0.5) is 5.69 Å². The van der Waals surface area contributed by atoms with E-state index in [1.54, 1.807) is 50.6 Å². The van der Waals surface area contributed by atoms with E-state index in [-0.39, 0.29) is 0 Å². The number of Topliss-reactive ketones (excluding diaryl/α,β-unsaturated/α-hetero) is 1. The van der Waals surface area contributed by atoms with Gasteiger partial charge in [-0.15, -0.1) is 0 Å². The molecule has 0 fully saturated rings. The maximum absolute atomic E-state index is 13.2. The first-order chi connectivity index (χ1) is 15.4. The summed E-state index contributed by atoms with van der Waals surface area (Å²) in [5, 5.41) is 4.30. The van der Waals surface area contributed by atoms with E-state index < -0.39 is 11.7 Å². The minimum atomic E-state index is -0.743. The van der Waals surface area contributed by atoms with Crippen molar-refractivity contribution in [1.82, 2.24) is 9.55 Å². The van der Waals surface area contributed by atoms with Gasteiger partial charge in [-0.2, -0.15) is 0 Å². The first-order valence-electron chi connectivity index (χ1n) is 9.75. The number of methoxy groups -OCH3 is 1. The zero-order valence-electron chi connectivity index (χ0n) is 17.4. The first kappa shape index (κ1) is 21.9. The van der Waals surface area contributed by atoms with E-state index in [9.17, 15) is 9.59 Å². The highest BCUT2D eigenvalue weighted by atomic mass is 35.5. The zero-order valence-corrected chi connectivity index (χ0v) is 18.9. The fourth-order valence-corrected chi connectivity index (χ4v) is 4.11. The third-order valence-electron chi connectivity index (χ3n) is 5.23. The van der Waals surface area contributed by atoms with Crippen molar-refractivity contribution in [3.63, 3.8) is 0 Å². The number of benzene rings is 2. The second-order valence-corrected chi connectivity index (χ2v) is 8.03. The highest BCUT2D eigenvalue weighted by Gasteiger charge is 2.26. The Morgan fingerprint density at radius 3 is 2.62 bits per heavy atom. The van der Waals surface area contributed by atoms with Gasteiger partial charge in [-0.05, 0) is 55.0 Å². The number of ketones is 1. The number of carbonyl (C=O) groups excluding carboxylic acids is 2. The third kappa shape index (κ3) is 4.20. The van der Waals surface area contributed by atoms with Crippen LogP contribution < -0.4 is 10.1 Å². The summed E-state index contributed by atoms with van der Waals surface area (Å²) in [4.78, 5) is 29.9. The number of ether oxygens (including phenoxy) is 1. The summed E-state index contributed by atoms with van der Waals surface area (Å²) in [6.45, 7) is 2.21. The van der Waals surface area contributed by atoms with Gasteiger partial charge < -0.3 is 14.6 Å². The molecule has 0 bridgehead atoms. The molecule has 0 spiro atoms. The summed E-state index contributed by atoms with van der Waals surface area (Å²) in [7, 11) is 1.55. The summed E-state index contributed by atoms with van der Waals surface area (Å²) in [6, 6.07) is 14.1. The SMILES string of the molecule is COc1ccc2c(c1)c(C(=O)C(=O)Nc1cccnc1)c(C)n2Cc1ccc(Cl)cc1Cl. The van der Waals surface area contributed by atoms with Gasteiger partial charge in [0.1, 0.15) is 5.75 Å². The summed E-state index contributed by atoms with van der Waals surface area (Å²) in [6.07, 6.45) is 3.07. The van der Waals surface area contributed by atoms with Crippen LogP contribution in [0.5, 0.6) is 5.75 Å². The lowest BCUT2D eigenvalue weighted by atomic mass is 10.1. The van der Waals surface area contributed by atoms with Crippen molar-refractivity contribution in [2.75, 3.05) is 12.4 Å². The molecule has 4 aromatic rings. The molecule has 0 aliphatic rings. The van der Waals surface area contributed by atoms with Gasteiger partial charge in [0.2, 0.25) is 0 Å². The number of anilines is 1. The molecule has 0 aliphatic carbocycles. The van der Waals surface area contributed by atoms with Gasteiger partial charge in [-0.25, -0.2) is 0 Å². The van der Waals surface area contributed by atoms with Crippen molar-refractivity contribution in [1.29, 1.82) is 0 Å². The average Bonchev–Trinajstić information content (AvgIpc) is 3.06. The van der Waals surface area contributed by atoms with Gasteiger partial charge in [0.15, 0.2) is 0 Å². The van der Waals surface area contributed by atoms with Crippen molar-refractivity contribution < 1.29 is 14.3 Å². The molecule has 0 saturated carbocycles. The number of hydrogen-bond acceptors (Lipinski definition) is 4. The lowest BCUT2D eigenvalue weighted by Gasteiger charge is -2.11. The Morgan fingerprint density at radius 1 is 1.12 bits per heavy atom. The number of amides is 1. The molecular formula is C24H19Cl2N3O3. The number of nitrogens with one attached hydrogen (secondary N) is 1. The Hall–Kier alpha value is -3.35. The molecule has 4 rings (SSSR count). The maximum Gasteiger partial charge on any atom is 0.296 e. The monoisotopic (exact) mass is 467 g/mol. The van der Waals surface area contributed by atoms with E-state index in [4.69, 9.17) is 27.9 Å². The second kappa shape index (κ2) is 9.02. The molecule has 0 unspecified atom stereocenters. The second-order valence-electron chi connectivity index (χ2n) is 7.19. The molecule has 32 heavy (non-hydrogen) atoms. The van der Waals surface area contributed by atoms with Gasteiger partial charge >= 0.3 is 0 Å². The van der Waals surface area contributed by atoms with Crippen LogP contribution in [0.25, 0.3) is 10.9 Å². The first-order valence-corrected chi connectivity index (χ1v) is 10.5. The molecule has 2 heterocycles. The van der Waals surface area contributed by atoms with Crippen molar-refractivity contribution in [2.24, 2.45) is 0 Å². The van der Waals surface area contributed by atoms with E-state index >= 15 is 0 Å². The quantitative estimate of drug-likeness (QED) is 0.298. The van der Waals surface area contributed by atoms with Crippen molar-refractivity contribution in [3.8, 4) is 5.75 Å². The fraction of sp³-hybridized carbons (Fsp3) is 0.125. The molecule has 0 radical (unpaired) electrons. The Labute approximate surface area is 194 Å². The van der Waals surface area contributed by atoms with Gasteiger partial charge in [0.25, 0.3) is 11.7 Å². The summed E-state index contributed by atoms with van der Waals surface area (Å²) >= 11 is 12.4. The van der Waals surface area contributed by atoms with Crippen LogP contribution in [0.3, 0.4) is 0 Å². The summed E-state index contributed by atoms with van der Waals surface area (Å²) in [5.41, 5.74) is 3.02. The Balaban J connectivity index is 1.80. The molecule has 1 amide bonds. The van der Waals surface area contributed by atoms with Crippen molar-refractivity contribution in [3.05, 3.63) is 87.8 Å². The molecule has 0 saturated heterocycles. The molecule has 0 atom stereocenters. The van der Waals surface area contributed by atoms with E-state index in [0.717, 1.165) is 11.1 Å². The minimum absolute atomic E-state index is 0.311. The lowest BCUT2D eigenvalue weighted by Crippen LogP contribution is -2.23. The minimum Gasteiger partial charge on any atom is -0.497 e. The average molecular weight is 468 g/mol. The molecule has 2 aromatic heterocycles. The van der Waals surface area contributed by atoms with Crippen molar-refractivity contribution in [2.45, 2.75) is 13.5 Å². The topological polar surface area (TPSA) is 73.2 Å². The molecule has 0 aliphatic heterocycles. The van der Waals surface area contributed by atoms with Crippen molar-refractivity contribution >= 4 is 51.5 Å². The van der Waals surface area contributed by atoms with Crippen LogP contribution in [-0.2, 0) is 11.3 Å². The molecule has 8 heteroatoms. The van der Waals surface area contributed by atoms with Crippen LogP contribution in [-0.4, -0.2) is 28.4 Å². The van der Waals surface area contributed by atoms with Crippen LogP contribution in [0.1, 0.15) is 21.6 Å². The third-order valence-corrected chi connectivity index (χ3v) is 5.81. The zero-order chi connectivity index (χ0) is 22.8.